The lowest BCUT2D eigenvalue weighted by atomic mass is 10.2. The first-order valence-corrected chi connectivity index (χ1v) is 6.19. The van der Waals surface area contributed by atoms with E-state index in [1.807, 2.05) is 23.7 Å². The van der Waals surface area contributed by atoms with Crippen LogP contribution in [-0.4, -0.2) is 11.5 Å². The summed E-state index contributed by atoms with van der Waals surface area (Å²) >= 11 is 1.63. The Morgan fingerprint density at radius 3 is 2.76 bits per heavy atom. The first kappa shape index (κ1) is 13.9. The topological polar surface area (TPSA) is 24.9 Å². The smallest absolute Gasteiger partial charge is 0.0795 e. The zero-order valence-corrected chi connectivity index (χ0v) is 11.0. The fraction of sp³-hybridized carbons (Fsp3) is 0.154. The molecule has 0 saturated heterocycles. The maximum atomic E-state index is 4.20. The molecule has 0 bridgehead atoms. The quantitative estimate of drug-likeness (QED) is 0.840. The van der Waals surface area contributed by atoms with Gasteiger partial charge in [0.15, 0.2) is 0 Å². The Balaban J connectivity index is 0.00000144. The number of nitrogens with zero attached hydrogens (tertiary/aromatic N) is 1. The molecular formula is C13H15ClN2S. The molecule has 0 amide bonds. The minimum Gasteiger partial charge on any atom is -0.308 e. The van der Waals surface area contributed by atoms with E-state index >= 15 is 0 Å². The molecular weight excluding hydrogens is 252 g/mol. The van der Waals surface area contributed by atoms with E-state index in [2.05, 4.69) is 40.0 Å². The number of hydrogen-bond donors (Lipinski definition) is 1. The van der Waals surface area contributed by atoms with Crippen LogP contribution < -0.4 is 5.32 Å². The van der Waals surface area contributed by atoms with Gasteiger partial charge in [0, 0.05) is 18.5 Å². The SMILES string of the molecule is C(=C\c1ccccc1)/CNCc1cscn1.Cl. The largest absolute Gasteiger partial charge is 0.308 e. The Labute approximate surface area is 112 Å². The number of hydrogen-bond acceptors (Lipinski definition) is 3. The van der Waals surface area contributed by atoms with E-state index in [1.54, 1.807) is 11.3 Å². The molecule has 0 atom stereocenters. The van der Waals surface area contributed by atoms with Gasteiger partial charge in [-0.25, -0.2) is 4.98 Å². The van der Waals surface area contributed by atoms with Crippen LogP contribution in [0, 0.1) is 0 Å². The van der Waals surface area contributed by atoms with Gasteiger partial charge < -0.3 is 5.32 Å². The van der Waals surface area contributed by atoms with Crippen molar-refractivity contribution in [2.45, 2.75) is 6.54 Å². The van der Waals surface area contributed by atoms with Gasteiger partial charge in [-0.05, 0) is 5.56 Å². The van der Waals surface area contributed by atoms with Crippen molar-refractivity contribution < 1.29 is 0 Å². The lowest BCUT2D eigenvalue weighted by molar-refractivity contribution is 0.746. The van der Waals surface area contributed by atoms with Gasteiger partial charge >= 0.3 is 0 Å². The fourth-order valence-electron chi connectivity index (χ4n) is 1.37. The average molecular weight is 267 g/mol. The zero-order chi connectivity index (χ0) is 11.1. The summed E-state index contributed by atoms with van der Waals surface area (Å²) in [6.45, 7) is 1.70. The number of aromatic nitrogens is 1. The van der Waals surface area contributed by atoms with Gasteiger partial charge in [0.2, 0.25) is 0 Å². The Morgan fingerprint density at radius 1 is 1.24 bits per heavy atom. The molecule has 0 aliphatic carbocycles. The van der Waals surface area contributed by atoms with Crippen LogP contribution in [0.1, 0.15) is 11.3 Å². The molecule has 90 valence electrons. The minimum atomic E-state index is 0. The lowest BCUT2D eigenvalue weighted by Crippen LogP contribution is -2.12. The Kier molecular flexibility index (Phi) is 6.55. The van der Waals surface area contributed by atoms with Crippen LogP contribution in [0.25, 0.3) is 6.08 Å². The normalized spacial score (nSPS) is 10.4. The van der Waals surface area contributed by atoms with Gasteiger partial charge in [0.05, 0.1) is 11.2 Å². The molecule has 0 aliphatic rings. The lowest BCUT2D eigenvalue weighted by Gasteiger charge is -1.97. The average Bonchev–Trinajstić information content (AvgIpc) is 2.83. The molecule has 2 rings (SSSR count). The minimum absolute atomic E-state index is 0. The highest BCUT2D eigenvalue weighted by molar-refractivity contribution is 7.07. The van der Waals surface area contributed by atoms with Crippen molar-refractivity contribution >= 4 is 29.8 Å². The summed E-state index contributed by atoms with van der Waals surface area (Å²) in [6.07, 6.45) is 4.25. The molecule has 0 radical (unpaired) electrons. The second-order valence-electron chi connectivity index (χ2n) is 3.42. The molecule has 0 fully saturated rings. The van der Waals surface area contributed by atoms with E-state index in [9.17, 15) is 0 Å². The van der Waals surface area contributed by atoms with Gasteiger partial charge in [-0.3, -0.25) is 0 Å². The van der Waals surface area contributed by atoms with E-state index in [-0.39, 0.29) is 12.4 Å². The summed E-state index contributed by atoms with van der Waals surface area (Å²) in [7, 11) is 0. The van der Waals surface area contributed by atoms with Crippen molar-refractivity contribution in [2.24, 2.45) is 0 Å². The van der Waals surface area contributed by atoms with Crippen molar-refractivity contribution in [3.05, 3.63) is 58.6 Å². The van der Waals surface area contributed by atoms with Crippen LogP contribution >= 0.6 is 23.7 Å². The molecule has 2 aromatic rings. The molecule has 0 unspecified atom stereocenters. The summed E-state index contributed by atoms with van der Waals surface area (Å²) in [6, 6.07) is 10.3. The number of halogens is 1. The molecule has 17 heavy (non-hydrogen) atoms. The van der Waals surface area contributed by atoms with Crippen molar-refractivity contribution in [1.82, 2.24) is 10.3 Å². The third-order valence-corrected chi connectivity index (χ3v) is 2.80. The maximum Gasteiger partial charge on any atom is 0.0795 e. The summed E-state index contributed by atoms with van der Waals surface area (Å²) in [5.41, 5.74) is 4.20. The zero-order valence-electron chi connectivity index (χ0n) is 9.37. The highest BCUT2D eigenvalue weighted by Gasteiger charge is 1.91. The third-order valence-electron chi connectivity index (χ3n) is 2.16. The number of nitrogens with one attached hydrogen (secondary N) is 1. The van der Waals surface area contributed by atoms with Crippen LogP contribution in [0.15, 0.2) is 47.3 Å². The Morgan fingerprint density at radius 2 is 2.06 bits per heavy atom. The van der Waals surface area contributed by atoms with Gasteiger partial charge in [0.25, 0.3) is 0 Å². The predicted molar refractivity (Wildman–Crippen MR) is 76.5 cm³/mol. The van der Waals surface area contributed by atoms with Gasteiger partial charge in [-0.15, -0.1) is 23.7 Å². The summed E-state index contributed by atoms with van der Waals surface area (Å²) in [5, 5.41) is 5.38. The number of thiazole rings is 1. The highest BCUT2D eigenvalue weighted by atomic mass is 35.5. The molecule has 0 spiro atoms. The van der Waals surface area contributed by atoms with Gasteiger partial charge in [-0.2, -0.15) is 0 Å². The molecule has 1 aromatic carbocycles. The van der Waals surface area contributed by atoms with Crippen LogP contribution in [-0.2, 0) is 6.54 Å². The number of benzene rings is 1. The van der Waals surface area contributed by atoms with Crippen LogP contribution in [0.4, 0.5) is 0 Å². The monoisotopic (exact) mass is 266 g/mol. The van der Waals surface area contributed by atoms with E-state index in [0.717, 1.165) is 18.8 Å². The molecule has 1 aromatic heterocycles. The molecule has 4 heteroatoms. The molecule has 0 saturated carbocycles. The van der Waals surface area contributed by atoms with E-state index in [1.165, 1.54) is 5.56 Å². The second-order valence-corrected chi connectivity index (χ2v) is 4.14. The standard InChI is InChI=1S/C13H14N2S.ClH/c1-2-5-12(6-3-1)7-4-8-14-9-13-10-16-11-15-13;/h1-7,10-11,14H,8-9H2;1H/b7-4+;. The summed E-state index contributed by atoms with van der Waals surface area (Å²) in [4.78, 5) is 4.20. The molecule has 1 heterocycles. The molecule has 2 nitrogen and oxygen atoms in total. The summed E-state index contributed by atoms with van der Waals surface area (Å²) < 4.78 is 0. The van der Waals surface area contributed by atoms with E-state index in [0.29, 0.717) is 0 Å². The Hall–Kier alpha value is -1.16. The van der Waals surface area contributed by atoms with Crippen molar-refractivity contribution in [3.63, 3.8) is 0 Å². The van der Waals surface area contributed by atoms with Crippen LogP contribution in [0.3, 0.4) is 0 Å². The fourth-order valence-corrected chi connectivity index (χ4v) is 1.93. The van der Waals surface area contributed by atoms with Gasteiger partial charge in [-0.1, -0.05) is 42.5 Å². The number of rotatable bonds is 5. The molecule has 0 aliphatic heterocycles. The van der Waals surface area contributed by atoms with E-state index < -0.39 is 0 Å². The summed E-state index contributed by atoms with van der Waals surface area (Å²) in [5.74, 6) is 0. The van der Waals surface area contributed by atoms with Crippen molar-refractivity contribution in [2.75, 3.05) is 6.54 Å². The van der Waals surface area contributed by atoms with E-state index in [4.69, 9.17) is 0 Å². The maximum absolute atomic E-state index is 4.20. The van der Waals surface area contributed by atoms with Crippen molar-refractivity contribution in [1.29, 1.82) is 0 Å². The second kappa shape index (κ2) is 8.01. The first-order valence-electron chi connectivity index (χ1n) is 5.24. The van der Waals surface area contributed by atoms with Crippen LogP contribution in [0.2, 0.25) is 0 Å². The third kappa shape index (κ3) is 5.13. The Bertz CT molecular complexity index is 426. The first-order chi connectivity index (χ1) is 7.95. The van der Waals surface area contributed by atoms with Crippen molar-refractivity contribution in [3.8, 4) is 0 Å². The van der Waals surface area contributed by atoms with Gasteiger partial charge in [0.1, 0.15) is 0 Å². The highest BCUT2D eigenvalue weighted by Crippen LogP contribution is 2.01. The predicted octanol–water partition coefficient (Wildman–Crippen LogP) is 3.37. The van der Waals surface area contributed by atoms with Crippen LogP contribution in [0.5, 0.6) is 0 Å². The molecule has 1 N–H and O–H groups in total.